The third-order valence-corrected chi connectivity index (χ3v) is 7.52. The van der Waals surface area contributed by atoms with Gasteiger partial charge in [-0.3, -0.25) is 19.3 Å². The van der Waals surface area contributed by atoms with Gasteiger partial charge in [-0.05, 0) is 38.8 Å². The van der Waals surface area contributed by atoms with Crippen LogP contribution >= 0.6 is 0 Å². The molecule has 8 nitrogen and oxygen atoms in total. The molecule has 3 fully saturated rings. The Labute approximate surface area is 193 Å². The van der Waals surface area contributed by atoms with Gasteiger partial charge in [0.05, 0.1) is 17.6 Å². The summed E-state index contributed by atoms with van der Waals surface area (Å²) in [4.78, 5) is 43.0. The molecule has 0 unspecified atom stereocenters. The topological polar surface area (TPSA) is 76.2 Å². The largest absolute Gasteiger partial charge is 0.368 e. The number of anilines is 2. The van der Waals surface area contributed by atoms with Crippen molar-refractivity contribution < 1.29 is 18.8 Å². The molecule has 1 aromatic carbocycles. The first-order valence-corrected chi connectivity index (χ1v) is 12.0. The number of carbonyl (C=O) groups excluding carboxylic acids is 3. The fourth-order valence-corrected chi connectivity index (χ4v) is 5.79. The fourth-order valence-electron chi connectivity index (χ4n) is 5.79. The lowest BCUT2D eigenvalue weighted by Crippen LogP contribution is -2.57. The Morgan fingerprint density at radius 3 is 2.30 bits per heavy atom. The lowest BCUT2D eigenvalue weighted by atomic mass is 9.84. The number of fused-ring (bicyclic) bond motifs is 1. The number of nitrogens with one attached hydrogen (secondary N) is 1. The van der Waals surface area contributed by atoms with Crippen molar-refractivity contribution in [1.82, 2.24) is 15.2 Å². The highest BCUT2D eigenvalue weighted by Crippen LogP contribution is 2.48. The van der Waals surface area contributed by atoms with E-state index < -0.39 is 11.6 Å². The second-order valence-corrected chi connectivity index (χ2v) is 9.97. The van der Waals surface area contributed by atoms with E-state index in [0.29, 0.717) is 25.1 Å². The van der Waals surface area contributed by atoms with E-state index in [1.54, 1.807) is 6.07 Å². The van der Waals surface area contributed by atoms with Gasteiger partial charge < -0.3 is 10.2 Å². The van der Waals surface area contributed by atoms with E-state index in [9.17, 15) is 14.4 Å². The SMILES string of the molecule is CC1(C)C(=O)N(N2C(=O)CCCC2=O)c2cccc(N3CC[C@@H](N4CCNCC4)[C@@H](F)C3)c21. The van der Waals surface area contributed by atoms with E-state index in [2.05, 4.69) is 10.2 Å². The molecular weight excluding hydrogens is 425 g/mol. The molecule has 3 saturated heterocycles. The number of piperazine rings is 1. The number of nitrogens with zero attached hydrogens (tertiary/aromatic N) is 4. The molecule has 0 bridgehead atoms. The highest BCUT2D eigenvalue weighted by molar-refractivity contribution is 6.14. The first kappa shape index (κ1) is 22.3. The number of benzene rings is 1. The Balaban J connectivity index is 1.46. The minimum Gasteiger partial charge on any atom is -0.368 e. The van der Waals surface area contributed by atoms with Crippen LogP contribution in [0.1, 0.15) is 45.1 Å². The molecule has 4 aliphatic rings. The minimum absolute atomic E-state index is 0.0881. The molecule has 0 aliphatic carbocycles. The number of carbonyl (C=O) groups is 3. The molecule has 3 amide bonds. The summed E-state index contributed by atoms with van der Waals surface area (Å²) >= 11 is 0. The summed E-state index contributed by atoms with van der Waals surface area (Å²) in [6.07, 6.45) is 0.717. The van der Waals surface area contributed by atoms with Crippen LogP contribution in [0.25, 0.3) is 0 Å². The van der Waals surface area contributed by atoms with E-state index in [1.807, 2.05) is 30.9 Å². The third-order valence-electron chi connectivity index (χ3n) is 7.52. The predicted molar refractivity (Wildman–Crippen MR) is 123 cm³/mol. The zero-order chi connectivity index (χ0) is 23.3. The van der Waals surface area contributed by atoms with Crippen molar-refractivity contribution >= 4 is 29.1 Å². The van der Waals surface area contributed by atoms with E-state index in [1.165, 1.54) is 5.01 Å². The summed E-state index contributed by atoms with van der Waals surface area (Å²) in [6.45, 7) is 8.08. The normalized spacial score (nSPS) is 28.5. The number of piperidine rings is 2. The average molecular weight is 458 g/mol. The zero-order valence-electron chi connectivity index (χ0n) is 19.3. The van der Waals surface area contributed by atoms with Crippen molar-refractivity contribution in [3.05, 3.63) is 23.8 Å². The number of alkyl halides is 1. The van der Waals surface area contributed by atoms with Crippen LogP contribution in [-0.2, 0) is 19.8 Å². The first-order valence-electron chi connectivity index (χ1n) is 12.0. The van der Waals surface area contributed by atoms with Gasteiger partial charge in [-0.15, -0.1) is 0 Å². The smallest absolute Gasteiger partial charge is 0.256 e. The van der Waals surface area contributed by atoms with Gasteiger partial charge in [0.15, 0.2) is 0 Å². The molecule has 1 aromatic rings. The van der Waals surface area contributed by atoms with Gasteiger partial charge in [0.25, 0.3) is 5.91 Å². The van der Waals surface area contributed by atoms with Crippen LogP contribution in [0.4, 0.5) is 15.8 Å². The number of halogens is 1. The summed E-state index contributed by atoms with van der Waals surface area (Å²) in [5.41, 5.74) is 1.18. The van der Waals surface area contributed by atoms with Crippen molar-refractivity contribution in [2.45, 2.75) is 57.2 Å². The minimum atomic E-state index is -0.991. The fraction of sp³-hybridized carbons (Fsp3) is 0.625. The quantitative estimate of drug-likeness (QED) is 0.695. The van der Waals surface area contributed by atoms with Gasteiger partial charge in [0.1, 0.15) is 6.17 Å². The Hall–Kier alpha value is -2.52. The Morgan fingerprint density at radius 1 is 0.970 bits per heavy atom. The van der Waals surface area contributed by atoms with Crippen molar-refractivity contribution in [1.29, 1.82) is 0 Å². The number of hydrogen-bond acceptors (Lipinski definition) is 6. The molecule has 178 valence electrons. The van der Waals surface area contributed by atoms with Crippen LogP contribution in [0.5, 0.6) is 0 Å². The summed E-state index contributed by atoms with van der Waals surface area (Å²) < 4.78 is 15.4. The molecule has 0 aromatic heterocycles. The number of hydrazine groups is 1. The number of imide groups is 1. The third kappa shape index (κ3) is 3.61. The lowest BCUT2D eigenvalue weighted by Gasteiger charge is -2.43. The highest BCUT2D eigenvalue weighted by atomic mass is 19.1. The number of amides is 3. The predicted octanol–water partition coefficient (Wildman–Crippen LogP) is 1.59. The Kier molecular flexibility index (Phi) is 5.64. The standard InChI is InChI=1S/C24H32FN5O3/c1-24(2)22-18(28-12-9-17(16(25)15-28)27-13-10-26-11-14-27)5-3-6-19(22)29(23(24)33)30-20(31)7-4-8-21(30)32/h3,5-6,16-17,26H,4,7-15H2,1-2H3/t16-,17+/m0/s1. The molecule has 0 spiro atoms. The van der Waals surface area contributed by atoms with Crippen LogP contribution in [0.15, 0.2) is 18.2 Å². The van der Waals surface area contributed by atoms with Crippen molar-refractivity contribution in [3.63, 3.8) is 0 Å². The van der Waals surface area contributed by atoms with Gasteiger partial charge >= 0.3 is 0 Å². The van der Waals surface area contributed by atoms with Crippen LogP contribution < -0.4 is 15.2 Å². The summed E-state index contributed by atoms with van der Waals surface area (Å²) in [5, 5.41) is 5.61. The number of rotatable bonds is 3. The zero-order valence-corrected chi connectivity index (χ0v) is 19.3. The first-order chi connectivity index (χ1) is 15.8. The maximum atomic E-state index is 15.4. The number of hydrogen-bond donors (Lipinski definition) is 1. The molecule has 0 saturated carbocycles. The molecular formula is C24H32FN5O3. The molecule has 0 radical (unpaired) electrons. The second-order valence-electron chi connectivity index (χ2n) is 9.97. The molecule has 9 heteroatoms. The van der Waals surface area contributed by atoms with Crippen LogP contribution in [-0.4, -0.2) is 79.1 Å². The van der Waals surface area contributed by atoms with Gasteiger partial charge in [0.2, 0.25) is 11.8 Å². The molecule has 5 rings (SSSR count). The van der Waals surface area contributed by atoms with E-state index >= 15 is 4.39 Å². The van der Waals surface area contributed by atoms with E-state index in [-0.39, 0.29) is 43.1 Å². The van der Waals surface area contributed by atoms with Gasteiger partial charge in [-0.2, -0.15) is 5.01 Å². The summed E-state index contributed by atoms with van der Waals surface area (Å²) in [7, 11) is 0. The average Bonchev–Trinajstić information content (AvgIpc) is 3.00. The van der Waals surface area contributed by atoms with Gasteiger partial charge in [-0.25, -0.2) is 9.40 Å². The maximum Gasteiger partial charge on any atom is 0.256 e. The van der Waals surface area contributed by atoms with E-state index in [4.69, 9.17) is 0 Å². The summed E-state index contributed by atoms with van der Waals surface area (Å²) in [6, 6.07) is 5.44. The monoisotopic (exact) mass is 457 g/mol. The molecule has 1 N–H and O–H groups in total. The maximum absolute atomic E-state index is 15.4. The van der Waals surface area contributed by atoms with Crippen molar-refractivity contribution in [3.8, 4) is 0 Å². The van der Waals surface area contributed by atoms with E-state index in [0.717, 1.165) is 42.4 Å². The second kappa shape index (κ2) is 8.36. The van der Waals surface area contributed by atoms with Crippen molar-refractivity contribution in [2.75, 3.05) is 49.2 Å². The van der Waals surface area contributed by atoms with Gasteiger partial charge in [-0.1, -0.05) is 6.07 Å². The summed E-state index contributed by atoms with van der Waals surface area (Å²) in [5.74, 6) is -1.01. The van der Waals surface area contributed by atoms with Crippen molar-refractivity contribution in [2.24, 2.45) is 0 Å². The van der Waals surface area contributed by atoms with Gasteiger partial charge in [0, 0.05) is 62.9 Å². The van der Waals surface area contributed by atoms with Crippen LogP contribution in [0, 0.1) is 0 Å². The molecule has 4 aliphatic heterocycles. The molecule has 4 heterocycles. The molecule has 33 heavy (non-hydrogen) atoms. The molecule has 2 atom stereocenters. The van der Waals surface area contributed by atoms with Crippen LogP contribution in [0.2, 0.25) is 0 Å². The Morgan fingerprint density at radius 2 is 1.64 bits per heavy atom. The lowest BCUT2D eigenvalue weighted by molar-refractivity contribution is -0.152. The van der Waals surface area contributed by atoms with Crippen LogP contribution in [0.3, 0.4) is 0 Å². The highest BCUT2D eigenvalue weighted by Gasteiger charge is 2.51. The Bertz CT molecular complexity index is 961.